The zero-order valence-corrected chi connectivity index (χ0v) is 14.0. The maximum Gasteiger partial charge on any atom is 0.223 e. The number of amides is 1. The molecule has 1 saturated carbocycles. The van der Waals surface area contributed by atoms with Crippen molar-refractivity contribution in [1.29, 1.82) is 0 Å². The zero-order valence-electron chi connectivity index (χ0n) is 13.2. The average Bonchev–Trinajstić information content (AvgIpc) is 2.48. The van der Waals surface area contributed by atoms with Crippen LogP contribution in [0.2, 0.25) is 0 Å². The van der Waals surface area contributed by atoms with Gasteiger partial charge in [-0.15, -0.1) is 12.4 Å². The standard InChI is InChI=1S/C16H30N2O2.ClH/c1-13(19)14-5-9-18(10-6-14)15(20)11-16(12-17)7-3-2-4-8-16;/h13-14,19H,2-12,17H2,1H3;1H. The van der Waals surface area contributed by atoms with E-state index in [9.17, 15) is 9.90 Å². The fourth-order valence-corrected chi connectivity index (χ4v) is 3.82. The van der Waals surface area contributed by atoms with Crippen LogP contribution >= 0.6 is 12.4 Å². The molecule has 2 rings (SSSR count). The Balaban J connectivity index is 0.00000220. The smallest absolute Gasteiger partial charge is 0.223 e. The minimum absolute atomic E-state index is 0. The summed E-state index contributed by atoms with van der Waals surface area (Å²) in [5.74, 6) is 0.638. The van der Waals surface area contributed by atoms with E-state index in [0.717, 1.165) is 38.8 Å². The molecule has 1 aliphatic heterocycles. The summed E-state index contributed by atoms with van der Waals surface area (Å²) in [4.78, 5) is 14.5. The van der Waals surface area contributed by atoms with Gasteiger partial charge in [0.25, 0.3) is 0 Å². The van der Waals surface area contributed by atoms with Crippen LogP contribution in [-0.2, 0) is 4.79 Å². The van der Waals surface area contributed by atoms with Gasteiger partial charge in [-0.1, -0.05) is 19.3 Å². The Morgan fingerprint density at radius 2 is 1.86 bits per heavy atom. The normalized spacial score (nSPS) is 24.2. The van der Waals surface area contributed by atoms with Gasteiger partial charge in [0.2, 0.25) is 5.91 Å². The lowest BCUT2D eigenvalue weighted by Gasteiger charge is -2.39. The maximum atomic E-state index is 12.5. The van der Waals surface area contributed by atoms with Crippen LogP contribution in [0.25, 0.3) is 0 Å². The molecule has 5 heteroatoms. The Morgan fingerprint density at radius 3 is 2.33 bits per heavy atom. The van der Waals surface area contributed by atoms with Crippen LogP contribution in [0.15, 0.2) is 0 Å². The third-order valence-electron chi connectivity index (χ3n) is 5.45. The lowest BCUT2D eigenvalue weighted by atomic mass is 9.71. The van der Waals surface area contributed by atoms with Gasteiger partial charge in [0, 0.05) is 19.5 Å². The highest BCUT2D eigenvalue weighted by atomic mass is 35.5. The molecule has 1 amide bonds. The summed E-state index contributed by atoms with van der Waals surface area (Å²) in [6.07, 6.45) is 8.18. The van der Waals surface area contributed by atoms with E-state index >= 15 is 0 Å². The highest BCUT2D eigenvalue weighted by molar-refractivity contribution is 5.85. The molecule has 3 N–H and O–H groups in total. The van der Waals surface area contributed by atoms with Crippen LogP contribution in [0, 0.1) is 11.3 Å². The molecule has 0 radical (unpaired) electrons. The molecule has 1 unspecified atom stereocenters. The van der Waals surface area contributed by atoms with Crippen LogP contribution in [0.4, 0.5) is 0 Å². The van der Waals surface area contributed by atoms with Crippen molar-refractivity contribution in [3.8, 4) is 0 Å². The highest BCUT2D eigenvalue weighted by Crippen LogP contribution is 2.39. The monoisotopic (exact) mass is 318 g/mol. The number of likely N-dealkylation sites (tertiary alicyclic amines) is 1. The molecule has 1 saturated heterocycles. The first kappa shape index (κ1) is 18.7. The Kier molecular flexibility index (Phi) is 7.45. The molecule has 124 valence electrons. The first-order chi connectivity index (χ1) is 9.56. The summed E-state index contributed by atoms with van der Waals surface area (Å²) in [6.45, 7) is 4.10. The predicted molar refractivity (Wildman–Crippen MR) is 87.4 cm³/mol. The van der Waals surface area contributed by atoms with Gasteiger partial charge >= 0.3 is 0 Å². The largest absolute Gasteiger partial charge is 0.393 e. The van der Waals surface area contributed by atoms with Gasteiger partial charge in [0.1, 0.15) is 0 Å². The summed E-state index contributed by atoms with van der Waals surface area (Å²) in [5, 5.41) is 9.62. The summed E-state index contributed by atoms with van der Waals surface area (Å²) in [7, 11) is 0. The Bertz CT molecular complexity index is 322. The molecule has 0 aromatic rings. The van der Waals surface area contributed by atoms with E-state index in [1.165, 1.54) is 19.3 Å². The molecule has 21 heavy (non-hydrogen) atoms. The van der Waals surface area contributed by atoms with Crippen LogP contribution in [-0.4, -0.2) is 41.7 Å². The third kappa shape index (κ3) is 4.83. The van der Waals surface area contributed by atoms with Crippen molar-refractivity contribution in [1.82, 2.24) is 4.90 Å². The number of carbonyl (C=O) groups is 1. The Labute approximate surface area is 134 Å². The zero-order chi connectivity index (χ0) is 14.6. The van der Waals surface area contributed by atoms with E-state index in [0.29, 0.717) is 18.9 Å². The molecule has 2 fully saturated rings. The van der Waals surface area contributed by atoms with Crippen LogP contribution in [0.5, 0.6) is 0 Å². The van der Waals surface area contributed by atoms with Crippen molar-refractivity contribution in [2.24, 2.45) is 17.1 Å². The second kappa shape index (κ2) is 8.35. The van der Waals surface area contributed by atoms with Gasteiger partial charge in [-0.3, -0.25) is 4.79 Å². The summed E-state index contributed by atoms with van der Waals surface area (Å²) in [5.41, 5.74) is 6.04. The van der Waals surface area contributed by atoms with Crippen LogP contribution in [0.3, 0.4) is 0 Å². The minimum atomic E-state index is -0.249. The van der Waals surface area contributed by atoms with Crippen LogP contribution < -0.4 is 5.73 Å². The van der Waals surface area contributed by atoms with Gasteiger partial charge in [-0.05, 0) is 50.5 Å². The van der Waals surface area contributed by atoms with E-state index in [2.05, 4.69) is 0 Å². The fourth-order valence-electron chi connectivity index (χ4n) is 3.82. The third-order valence-corrected chi connectivity index (χ3v) is 5.45. The Hall–Kier alpha value is -0.320. The quantitative estimate of drug-likeness (QED) is 0.836. The van der Waals surface area contributed by atoms with Gasteiger partial charge in [-0.25, -0.2) is 0 Å². The second-order valence-electron chi connectivity index (χ2n) is 6.90. The number of aliphatic hydroxyl groups is 1. The number of rotatable bonds is 4. The molecule has 0 aromatic carbocycles. The first-order valence-corrected chi connectivity index (χ1v) is 8.22. The minimum Gasteiger partial charge on any atom is -0.393 e. The molecule has 1 aliphatic carbocycles. The van der Waals surface area contributed by atoms with Crippen molar-refractivity contribution < 1.29 is 9.90 Å². The molecule has 1 atom stereocenters. The van der Waals surface area contributed by atoms with Crippen molar-refractivity contribution in [2.45, 2.75) is 64.4 Å². The molecule has 0 spiro atoms. The second-order valence-corrected chi connectivity index (χ2v) is 6.90. The molecular weight excluding hydrogens is 288 g/mol. The van der Waals surface area contributed by atoms with E-state index in [1.54, 1.807) is 0 Å². The van der Waals surface area contributed by atoms with E-state index in [1.807, 2.05) is 11.8 Å². The average molecular weight is 319 g/mol. The molecular formula is C16H31ClN2O2. The van der Waals surface area contributed by atoms with Crippen molar-refractivity contribution in [2.75, 3.05) is 19.6 Å². The summed E-state index contributed by atoms with van der Waals surface area (Å²) < 4.78 is 0. The number of nitrogens with zero attached hydrogens (tertiary/aromatic N) is 1. The maximum absolute atomic E-state index is 12.5. The van der Waals surface area contributed by atoms with Crippen molar-refractivity contribution in [3.63, 3.8) is 0 Å². The predicted octanol–water partition coefficient (Wildman–Crippen LogP) is 2.33. The van der Waals surface area contributed by atoms with E-state index in [-0.39, 0.29) is 29.8 Å². The van der Waals surface area contributed by atoms with Gasteiger partial charge < -0.3 is 15.7 Å². The lowest BCUT2D eigenvalue weighted by Crippen LogP contribution is -2.44. The highest BCUT2D eigenvalue weighted by Gasteiger charge is 2.35. The molecule has 2 aliphatic rings. The number of carbonyl (C=O) groups excluding carboxylic acids is 1. The molecule has 1 heterocycles. The van der Waals surface area contributed by atoms with Crippen molar-refractivity contribution in [3.05, 3.63) is 0 Å². The first-order valence-electron chi connectivity index (χ1n) is 8.22. The number of piperidine rings is 1. The number of nitrogens with two attached hydrogens (primary N) is 1. The fraction of sp³-hybridized carbons (Fsp3) is 0.938. The molecule has 0 bridgehead atoms. The number of hydrogen-bond donors (Lipinski definition) is 2. The number of halogens is 1. The van der Waals surface area contributed by atoms with Gasteiger partial charge in [0.15, 0.2) is 0 Å². The van der Waals surface area contributed by atoms with E-state index < -0.39 is 0 Å². The van der Waals surface area contributed by atoms with Gasteiger partial charge in [-0.2, -0.15) is 0 Å². The van der Waals surface area contributed by atoms with Crippen LogP contribution in [0.1, 0.15) is 58.3 Å². The summed E-state index contributed by atoms with van der Waals surface area (Å²) in [6, 6.07) is 0. The lowest BCUT2D eigenvalue weighted by molar-refractivity contribution is -0.136. The van der Waals surface area contributed by atoms with E-state index in [4.69, 9.17) is 5.73 Å². The number of aliphatic hydroxyl groups excluding tert-OH is 1. The summed E-state index contributed by atoms with van der Waals surface area (Å²) >= 11 is 0. The number of hydrogen-bond acceptors (Lipinski definition) is 3. The van der Waals surface area contributed by atoms with Gasteiger partial charge in [0.05, 0.1) is 6.10 Å². The van der Waals surface area contributed by atoms with Crippen molar-refractivity contribution >= 4 is 18.3 Å². The Morgan fingerprint density at radius 1 is 1.29 bits per heavy atom. The SMILES string of the molecule is CC(O)C1CCN(C(=O)CC2(CN)CCCCC2)CC1.Cl. The molecule has 0 aromatic heterocycles. The molecule has 4 nitrogen and oxygen atoms in total. The topological polar surface area (TPSA) is 66.6 Å².